The van der Waals surface area contributed by atoms with Crippen molar-refractivity contribution < 1.29 is 19.1 Å². The van der Waals surface area contributed by atoms with Crippen LogP contribution >= 0.6 is 11.3 Å². The molecule has 3 aromatic rings. The number of para-hydroxylation sites is 2. The molecule has 9 heteroatoms. The molecule has 0 bridgehead atoms. The number of anilines is 1. The van der Waals surface area contributed by atoms with Crippen molar-refractivity contribution in [1.82, 2.24) is 9.38 Å². The molecule has 0 saturated carbocycles. The van der Waals surface area contributed by atoms with Crippen LogP contribution in [0.1, 0.15) is 33.8 Å². The van der Waals surface area contributed by atoms with E-state index in [4.69, 9.17) is 9.47 Å². The zero-order chi connectivity index (χ0) is 20.8. The van der Waals surface area contributed by atoms with E-state index in [2.05, 4.69) is 4.98 Å². The van der Waals surface area contributed by atoms with E-state index in [1.807, 2.05) is 0 Å². The van der Waals surface area contributed by atoms with Crippen LogP contribution in [0.5, 0.6) is 5.75 Å². The summed E-state index contributed by atoms with van der Waals surface area (Å²) >= 11 is 1.51. The number of fused-ring (bicyclic) bond motifs is 4. The molecule has 1 aromatic carbocycles. The van der Waals surface area contributed by atoms with Gasteiger partial charge in [-0.25, -0.2) is 9.78 Å². The van der Waals surface area contributed by atoms with E-state index in [-0.39, 0.29) is 17.7 Å². The maximum absolute atomic E-state index is 13.4. The minimum Gasteiger partial charge on any atom is -0.475 e. The van der Waals surface area contributed by atoms with Gasteiger partial charge in [-0.1, -0.05) is 12.1 Å². The number of aryl methyl sites for hydroxylation is 2. The van der Waals surface area contributed by atoms with Crippen molar-refractivity contribution in [2.24, 2.45) is 0 Å². The molecule has 1 atom stereocenters. The molecule has 0 unspecified atom stereocenters. The quantitative estimate of drug-likeness (QED) is 0.585. The van der Waals surface area contributed by atoms with Gasteiger partial charge in [-0.05, 0) is 37.8 Å². The monoisotopic (exact) mass is 425 g/mol. The molecule has 0 saturated heterocycles. The van der Waals surface area contributed by atoms with Crippen molar-refractivity contribution in [2.75, 3.05) is 18.6 Å². The summed E-state index contributed by atoms with van der Waals surface area (Å²) in [6.45, 7) is -0.0492. The Hall–Kier alpha value is -3.20. The minimum absolute atomic E-state index is 0.0287. The molecule has 2 aromatic heterocycles. The van der Waals surface area contributed by atoms with E-state index < -0.39 is 18.0 Å². The third-order valence-corrected chi connectivity index (χ3v) is 6.67. The van der Waals surface area contributed by atoms with E-state index in [1.165, 1.54) is 29.5 Å². The number of aromatic nitrogens is 2. The van der Waals surface area contributed by atoms with Gasteiger partial charge in [0.2, 0.25) is 6.10 Å². The average molecular weight is 425 g/mol. The Morgan fingerprint density at radius 1 is 1.23 bits per heavy atom. The zero-order valence-electron chi connectivity index (χ0n) is 16.3. The van der Waals surface area contributed by atoms with E-state index in [0.717, 1.165) is 36.3 Å². The Morgan fingerprint density at radius 2 is 2.03 bits per heavy atom. The lowest BCUT2D eigenvalue weighted by molar-refractivity contribution is -0.148. The molecular weight excluding hydrogens is 406 g/mol. The zero-order valence-corrected chi connectivity index (χ0v) is 17.1. The number of amides is 1. The molecule has 0 N–H and O–H groups in total. The summed E-state index contributed by atoms with van der Waals surface area (Å²) in [7, 11) is 1.27. The molecular formula is C21H19N3O5S. The fourth-order valence-electron chi connectivity index (χ4n) is 4.04. The number of rotatable bonds is 2. The largest absolute Gasteiger partial charge is 0.475 e. The van der Waals surface area contributed by atoms with Crippen LogP contribution in [0.15, 0.2) is 35.3 Å². The van der Waals surface area contributed by atoms with Crippen molar-refractivity contribution in [3.63, 3.8) is 0 Å². The Morgan fingerprint density at radius 3 is 2.87 bits per heavy atom. The van der Waals surface area contributed by atoms with Gasteiger partial charge in [0.1, 0.15) is 11.3 Å². The summed E-state index contributed by atoms with van der Waals surface area (Å²) in [6, 6.07) is 6.91. The van der Waals surface area contributed by atoms with Crippen LogP contribution in [0.25, 0.3) is 4.96 Å². The molecule has 30 heavy (non-hydrogen) atoms. The van der Waals surface area contributed by atoms with Crippen LogP contribution in [0, 0.1) is 0 Å². The van der Waals surface area contributed by atoms with Crippen LogP contribution in [0.3, 0.4) is 0 Å². The van der Waals surface area contributed by atoms with Crippen molar-refractivity contribution in [1.29, 1.82) is 0 Å². The summed E-state index contributed by atoms with van der Waals surface area (Å²) in [5.74, 6) is -0.712. The van der Waals surface area contributed by atoms with Crippen LogP contribution in [0.4, 0.5) is 5.69 Å². The van der Waals surface area contributed by atoms with Crippen LogP contribution in [-0.2, 0) is 22.4 Å². The van der Waals surface area contributed by atoms with E-state index >= 15 is 0 Å². The smallest absolute Gasteiger partial charge is 0.348 e. The molecule has 0 radical (unpaired) electrons. The summed E-state index contributed by atoms with van der Waals surface area (Å²) in [5.41, 5.74) is 1.06. The van der Waals surface area contributed by atoms with Gasteiger partial charge in [-0.2, -0.15) is 0 Å². The lowest BCUT2D eigenvalue weighted by Gasteiger charge is -2.33. The lowest BCUT2D eigenvalue weighted by atomic mass is 10.0. The minimum atomic E-state index is -0.970. The second-order valence-electron chi connectivity index (χ2n) is 7.29. The summed E-state index contributed by atoms with van der Waals surface area (Å²) in [5, 5.41) is 0. The van der Waals surface area contributed by atoms with Crippen molar-refractivity contribution in [2.45, 2.75) is 31.8 Å². The third-order valence-electron chi connectivity index (χ3n) is 5.52. The van der Waals surface area contributed by atoms with Crippen LogP contribution in [-0.4, -0.2) is 41.0 Å². The predicted octanol–water partition coefficient (Wildman–Crippen LogP) is 2.22. The Bertz CT molecular complexity index is 1230. The number of benzene rings is 1. The number of methoxy groups -OCH3 is 1. The first kappa shape index (κ1) is 18.8. The molecule has 0 spiro atoms. The number of hydrogen-bond donors (Lipinski definition) is 0. The lowest BCUT2D eigenvalue weighted by Crippen LogP contribution is -2.48. The van der Waals surface area contributed by atoms with Gasteiger partial charge in [0.25, 0.3) is 11.5 Å². The highest BCUT2D eigenvalue weighted by Gasteiger charge is 2.36. The number of ether oxygens (including phenoxy) is 2. The Labute approximate surface area is 175 Å². The average Bonchev–Trinajstić information content (AvgIpc) is 3.17. The Kier molecular flexibility index (Phi) is 4.54. The van der Waals surface area contributed by atoms with E-state index in [0.29, 0.717) is 16.4 Å². The molecule has 154 valence electrons. The van der Waals surface area contributed by atoms with Crippen LogP contribution in [0.2, 0.25) is 0 Å². The van der Waals surface area contributed by atoms with Crippen LogP contribution < -0.4 is 15.2 Å². The topological polar surface area (TPSA) is 90.2 Å². The number of thiazole rings is 1. The third kappa shape index (κ3) is 2.88. The maximum atomic E-state index is 13.4. The molecule has 1 amide bonds. The summed E-state index contributed by atoms with van der Waals surface area (Å²) < 4.78 is 12.1. The Balaban J connectivity index is 1.60. The first-order valence-electron chi connectivity index (χ1n) is 9.76. The highest BCUT2D eigenvalue weighted by molar-refractivity contribution is 7.17. The molecule has 8 nitrogen and oxygen atoms in total. The maximum Gasteiger partial charge on any atom is 0.348 e. The fourth-order valence-corrected chi connectivity index (χ4v) is 5.21. The first-order chi connectivity index (χ1) is 14.6. The van der Waals surface area contributed by atoms with Gasteiger partial charge in [0.15, 0.2) is 4.96 Å². The number of nitrogens with zero attached hydrogens (tertiary/aromatic N) is 3. The van der Waals surface area contributed by atoms with Crippen molar-refractivity contribution in [3.8, 4) is 5.75 Å². The summed E-state index contributed by atoms with van der Waals surface area (Å²) in [6.07, 6.45) is 4.22. The number of carbonyl (C=O) groups excluding carboxylic acids is 2. The standard InChI is InChI=1S/C21H19N3O5S/c1-28-20(27)16-11-23(13-6-2-4-8-15(13)29-16)18(25)12-10-22-21-24(19(12)26)14-7-3-5-9-17(14)30-21/h2,4,6,8,10,16H,3,5,7,9,11H2,1H3/t16-/m1/s1. The second kappa shape index (κ2) is 7.24. The number of carbonyl (C=O) groups is 2. The normalized spacial score (nSPS) is 17.8. The van der Waals surface area contributed by atoms with Gasteiger partial charge < -0.3 is 14.4 Å². The fraction of sp³-hybridized carbons (Fsp3) is 0.333. The van der Waals surface area contributed by atoms with Gasteiger partial charge in [-0.15, -0.1) is 11.3 Å². The molecule has 0 fully saturated rings. The van der Waals surface area contributed by atoms with Gasteiger partial charge in [0, 0.05) is 16.8 Å². The molecule has 3 heterocycles. The van der Waals surface area contributed by atoms with E-state index in [9.17, 15) is 14.4 Å². The number of hydrogen-bond acceptors (Lipinski definition) is 7. The predicted molar refractivity (Wildman–Crippen MR) is 111 cm³/mol. The van der Waals surface area contributed by atoms with Gasteiger partial charge in [-0.3, -0.25) is 14.0 Å². The molecule has 2 aliphatic rings. The molecule has 5 rings (SSSR count). The summed E-state index contributed by atoms with van der Waals surface area (Å²) in [4.78, 5) is 46.4. The second-order valence-corrected chi connectivity index (χ2v) is 8.35. The number of esters is 1. The van der Waals surface area contributed by atoms with Gasteiger partial charge >= 0.3 is 5.97 Å². The van der Waals surface area contributed by atoms with Gasteiger partial charge in [0.05, 0.1) is 19.3 Å². The first-order valence-corrected chi connectivity index (χ1v) is 10.6. The highest BCUT2D eigenvalue weighted by atomic mass is 32.1. The highest BCUT2D eigenvalue weighted by Crippen LogP contribution is 2.34. The SMILES string of the molecule is COC(=O)[C@H]1CN(C(=O)c2cnc3sc4c(n3c2=O)CCCC4)c2ccccc2O1. The van der Waals surface area contributed by atoms with E-state index in [1.54, 1.807) is 28.7 Å². The molecule has 1 aliphatic carbocycles. The van der Waals surface area contributed by atoms with Crippen molar-refractivity contribution in [3.05, 3.63) is 57.0 Å². The molecule has 1 aliphatic heterocycles. The van der Waals surface area contributed by atoms with Crippen molar-refractivity contribution >= 4 is 33.9 Å².